The van der Waals surface area contributed by atoms with Crippen molar-refractivity contribution < 1.29 is 23.1 Å². The highest BCUT2D eigenvalue weighted by atomic mass is 19.1. The molecule has 0 bridgehead atoms. The van der Waals surface area contributed by atoms with Gasteiger partial charge in [0.25, 0.3) is 0 Å². The number of carbonyl (C=O) groups excluding carboxylic acids is 2. The lowest BCUT2D eigenvalue weighted by Gasteiger charge is -2.09. The first-order valence-corrected chi connectivity index (χ1v) is 6.42. The van der Waals surface area contributed by atoms with Crippen molar-refractivity contribution in [2.24, 2.45) is 0 Å². The van der Waals surface area contributed by atoms with Gasteiger partial charge in [0.15, 0.2) is 0 Å². The Morgan fingerprint density at radius 1 is 1.09 bits per heavy atom. The lowest BCUT2D eigenvalue weighted by molar-refractivity contribution is -0.115. The van der Waals surface area contributed by atoms with Gasteiger partial charge in [0.05, 0.1) is 24.8 Å². The van der Waals surface area contributed by atoms with E-state index in [0.29, 0.717) is 6.07 Å². The molecule has 0 saturated carbocycles. The van der Waals surface area contributed by atoms with Crippen LogP contribution in [0.3, 0.4) is 0 Å². The van der Waals surface area contributed by atoms with Crippen molar-refractivity contribution in [3.05, 3.63) is 65.2 Å². The predicted molar refractivity (Wildman–Crippen MR) is 76.5 cm³/mol. The van der Waals surface area contributed by atoms with Crippen LogP contribution < -0.4 is 5.32 Å². The number of nitrogens with one attached hydrogen (secondary N) is 1. The summed E-state index contributed by atoms with van der Waals surface area (Å²) in [5.74, 6) is -3.44. The molecule has 22 heavy (non-hydrogen) atoms. The Morgan fingerprint density at radius 3 is 2.41 bits per heavy atom. The molecule has 114 valence electrons. The van der Waals surface area contributed by atoms with E-state index in [1.54, 1.807) is 24.3 Å². The zero-order chi connectivity index (χ0) is 16.1. The standard InChI is InChI=1S/C16H13F2NO3/c1-22-16(21)11-8-14(13(18)9-12(11)17)19-15(20)7-10-5-3-2-4-6-10/h2-6,8-9H,7H2,1H3,(H,19,20). The Kier molecular flexibility index (Phi) is 4.83. The molecule has 1 amide bonds. The van der Waals surface area contributed by atoms with Gasteiger partial charge in [0.1, 0.15) is 11.6 Å². The fourth-order valence-electron chi connectivity index (χ4n) is 1.89. The molecule has 0 aliphatic rings. The number of anilines is 1. The zero-order valence-electron chi connectivity index (χ0n) is 11.7. The second kappa shape index (κ2) is 6.80. The van der Waals surface area contributed by atoms with Gasteiger partial charge in [-0.3, -0.25) is 4.79 Å². The number of hydrogen-bond acceptors (Lipinski definition) is 3. The van der Waals surface area contributed by atoms with Gasteiger partial charge in [-0.25, -0.2) is 13.6 Å². The summed E-state index contributed by atoms with van der Waals surface area (Å²) in [5, 5.41) is 2.32. The van der Waals surface area contributed by atoms with E-state index >= 15 is 0 Å². The summed E-state index contributed by atoms with van der Waals surface area (Å²) in [4.78, 5) is 23.3. The molecule has 0 atom stereocenters. The van der Waals surface area contributed by atoms with Gasteiger partial charge in [-0.2, -0.15) is 0 Å². The quantitative estimate of drug-likeness (QED) is 0.884. The fraction of sp³-hybridized carbons (Fsp3) is 0.125. The number of carbonyl (C=O) groups is 2. The van der Waals surface area contributed by atoms with E-state index in [1.807, 2.05) is 6.07 Å². The lowest BCUT2D eigenvalue weighted by atomic mass is 10.1. The summed E-state index contributed by atoms with van der Waals surface area (Å²) in [5.41, 5.74) is 0.0253. The summed E-state index contributed by atoms with van der Waals surface area (Å²) >= 11 is 0. The van der Waals surface area contributed by atoms with Gasteiger partial charge in [-0.1, -0.05) is 30.3 Å². The first kappa shape index (κ1) is 15.6. The number of methoxy groups -OCH3 is 1. The molecule has 0 heterocycles. The van der Waals surface area contributed by atoms with Gasteiger partial charge in [-0.05, 0) is 11.6 Å². The first-order valence-electron chi connectivity index (χ1n) is 6.42. The average Bonchev–Trinajstić information content (AvgIpc) is 2.50. The summed E-state index contributed by atoms with van der Waals surface area (Å²) in [6, 6.07) is 10.3. The summed E-state index contributed by atoms with van der Waals surface area (Å²) < 4.78 is 31.6. The summed E-state index contributed by atoms with van der Waals surface area (Å²) in [7, 11) is 1.08. The third-order valence-corrected chi connectivity index (χ3v) is 2.94. The maximum Gasteiger partial charge on any atom is 0.340 e. The Balaban J connectivity index is 2.18. The summed E-state index contributed by atoms with van der Waals surface area (Å²) in [6.45, 7) is 0. The van der Waals surface area contributed by atoms with Crippen LogP contribution in [0.2, 0.25) is 0 Å². The Bertz CT molecular complexity index is 702. The van der Waals surface area contributed by atoms with Crippen LogP contribution >= 0.6 is 0 Å². The van der Waals surface area contributed by atoms with Crippen LogP contribution in [0.4, 0.5) is 14.5 Å². The molecule has 0 aliphatic heterocycles. The molecule has 4 nitrogen and oxygen atoms in total. The van der Waals surface area contributed by atoms with Crippen molar-refractivity contribution in [2.75, 3.05) is 12.4 Å². The molecule has 6 heteroatoms. The van der Waals surface area contributed by atoms with E-state index in [1.165, 1.54) is 0 Å². The zero-order valence-corrected chi connectivity index (χ0v) is 11.7. The molecule has 1 N–H and O–H groups in total. The van der Waals surface area contributed by atoms with Crippen molar-refractivity contribution in [1.82, 2.24) is 0 Å². The topological polar surface area (TPSA) is 55.4 Å². The van der Waals surface area contributed by atoms with Gasteiger partial charge < -0.3 is 10.1 Å². The molecule has 2 aromatic carbocycles. The monoisotopic (exact) mass is 305 g/mol. The Morgan fingerprint density at radius 2 is 1.77 bits per heavy atom. The van der Waals surface area contributed by atoms with E-state index in [2.05, 4.69) is 10.1 Å². The van der Waals surface area contributed by atoms with Crippen LogP contribution in [-0.4, -0.2) is 19.0 Å². The van der Waals surface area contributed by atoms with E-state index in [-0.39, 0.29) is 12.1 Å². The highest BCUT2D eigenvalue weighted by molar-refractivity contribution is 5.95. The van der Waals surface area contributed by atoms with Crippen molar-refractivity contribution >= 4 is 17.6 Å². The molecule has 0 aromatic heterocycles. The molecule has 0 radical (unpaired) electrons. The van der Waals surface area contributed by atoms with Crippen LogP contribution in [0.1, 0.15) is 15.9 Å². The third-order valence-electron chi connectivity index (χ3n) is 2.94. The van der Waals surface area contributed by atoms with Crippen molar-refractivity contribution in [3.63, 3.8) is 0 Å². The average molecular weight is 305 g/mol. The predicted octanol–water partition coefficient (Wildman–Crippen LogP) is 2.93. The Hall–Kier alpha value is -2.76. The highest BCUT2D eigenvalue weighted by Crippen LogP contribution is 2.20. The van der Waals surface area contributed by atoms with Crippen molar-refractivity contribution in [3.8, 4) is 0 Å². The number of esters is 1. The number of ether oxygens (including phenoxy) is 1. The van der Waals surface area contributed by atoms with Crippen LogP contribution in [0.25, 0.3) is 0 Å². The maximum absolute atomic E-state index is 13.7. The Labute approximate surface area is 125 Å². The van der Waals surface area contributed by atoms with Crippen LogP contribution in [-0.2, 0) is 16.0 Å². The summed E-state index contributed by atoms with van der Waals surface area (Å²) in [6.07, 6.45) is 0.0330. The first-order chi connectivity index (χ1) is 10.5. The van der Waals surface area contributed by atoms with Gasteiger partial charge >= 0.3 is 5.97 Å². The maximum atomic E-state index is 13.7. The van der Waals surface area contributed by atoms with E-state index in [9.17, 15) is 18.4 Å². The minimum absolute atomic E-state index is 0.0330. The molecule has 0 spiro atoms. The molecular weight excluding hydrogens is 292 g/mol. The molecule has 2 aromatic rings. The van der Waals surface area contributed by atoms with Crippen LogP contribution in [0, 0.1) is 11.6 Å². The number of rotatable bonds is 4. The smallest absolute Gasteiger partial charge is 0.340 e. The third kappa shape index (κ3) is 3.66. The van der Waals surface area contributed by atoms with Gasteiger partial charge in [-0.15, -0.1) is 0 Å². The molecule has 0 aliphatic carbocycles. The van der Waals surface area contributed by atoms with Crippen LogP contribution in [0.15, 0.2) is 42.5 Å². The highest BCUT2D eigenvalue weighted by Gasteiger charge is 2.17. The molecule has 0 fully saturated rings. The second-order valence-corrected chi connectivity index (χ2v) is 4.51. The van der Waals surface area contributed by atoms with E-state index in [0.717, 1.165) is 18.7 Å². The largest absolute Gasteiger partial charge is 0.465 e. The molecule has 2 rings (SSSR count). The molecule has 0 unspecified atom stereocenters. The van der Waals surface area contributed by atoms with Gasteiger partial charge in [0.2, 0.25) is 5.91 Å². The minimum Gasteiger partial charge on any atom is -0.465 e. The molecule has 0 saturated heterocycles. The minimum atomic E-state index is -1.05. The normalized spacial score (nSPS) is 10.1. The van der Waals surface area contributed by atoms with Gasteiger partial charge in [0, 0.05) is 6.07 Å². The fourth-order valence-corrected chi connectivity index (χ4v) is 1.89. The molecular formula is C16H13F2NO3. The van der Waals surface area contributed by atoms with Crippen LogP contribution in [0.5, 0.6) is 0 Å². The second-order valence-electron chi connectivity index (χ2n) is 4.51. The number of amides is 1. The SMILES string of the molecule is COC(=O)c1cc(NC(=O)Cc2ccccc2)c(F)cc1F. The van der Waals surface area contributed by atoms with Crippen molar-refractivity contribution in [1.29, 1.82) is 0 Å². The number of benzene rings is 2. The lowest BCUT2D eigenvalue weighted by Crippen LogP contribution is -2.16. The number of halogens is 2. The number of hydrogen-bond donors (Lipinski definition) is 1. The van der Waals surface area contributed by atoms with E-state index in [4.69, 9.17) is 0 Å². The van der Waals surface area contributed by atoms with Crippen molar-refractivity contribution in [2.45, 2.75) is 6.42 Å². The van der Waals surface area contributed by atoms with E-state index < -0.39 is 29.1 Å².